The molecule has 0 aromatic carbocycles. The second-order valence-electron chi connectivity index (χ2n) is 6.39. The van der Waals surface area contributed by atoms with Gasteiger partial charge in [0.2, 0.25) is 0 Å². The maximum Gasteiger partial charge on any atom is 0.302 e. The lowest BCUT2D eigenvalue weighted by molar-refractivity contribution is -0.217. The number of fused-ring (bicyclic) bond motifs is 1. The molecule has 5 heteroatoms. The molecular formula is C16H26O5. The van der Waals surface area contributed by atoms with Gasteiger partial charge in [0.15, 0.2) is 6.29 Å². The molecule has 2 saturated carbocycles. The second kappa shape index (κ2) is 6.05. The summed E-state index contributed by atoms with van der Waals surface area (Å²) < 4.78 is 16.9. The highest BCUT2D eigenvalue weighted by Gasteiger charge is 2.73. The molecule has 0 heterocycles. The maximum absolute atomic E-state index is 11.8. The molecule has 0 unspecified atom stereocenters. The van der Waals surface area contributed by atoms with Crippen LogP contribution in [0.3, 0.4) is 0 Å². The van der Waals surface area contributed by atoms with Crippen LogP contribution in [0.25, 0.3) is 0 Å². The Morgan fingerprint density at radius 2 is 1.95 bits per heavy atom. The lowest BCUT2D eigenvalue weighted by Gasteiger charge is -2.41. The lowest BCUT2D eigenvalue weighted by Crippen LogP contribution is -2.48. The van der Waals surface area contributed by atoms with E-state index in [9.17, 15) is 9.59 Å². The van der Waals surface area contributed by atoms with Gasteiger partial charge in [0.25, 0.3) is 0 Å². The summed E-state index contributed by atoms with van der Waals surface area (Å²) in [5.41, 5.74) is -0.497. The third kappa shape index (κ3) is 2.73. The normalized spacial score (nSPS) is 38.0. The van der Waals surface area contributed by atoms with Crippen LogP contribution in [0.1, 0.15) is 47.0 Å². The molecule has 120 valence electrons. The molecule has 0 aromatic rings. The van der Waals surface area contributed by atoms with Crippen LogP contribution in [0.5, 0.6) is 0 Å². The molecule has 0 saturated heterocycles. The van der Waals surface area contributed by atoms with Gasteiger partial charge in [0, 0.05) is 25.6 Å². The van der Waals surface area contributed by atoms with Gasteiger partial charge in [-0.05, 0) is 38.5 Å². The van der Waals surface area contributed by atoms with Crippen LogP contribution in [0, 0.1) is 16.7 Å². The van der Waals surface area contributed by atoms with Crippen molar-refractivity contribution in [3.8, 4) is 0 Å². The van der Waals surface area contributed by atoms with E-state index in [-0.39, 0.29) is 23.4 Å². The third-order valence-corrected chi connectivity index (χ3v) is 5.14. The predicted octanol–water partition coefficient (Wildman–Crippen LogP) is 2.32. The number of hydrogen-bond acceptors (Lipinski definition) is 5. The van der Waals surface area contributed by atoms with Crippen molar-refractivity contribution >= 4 is 12.3 Å². The molecule has 0 spiro atoms. The van der Waals surface area contributed by atoms with E-state index in [1.165, 1.54) is 6.92 Å². The highest BCUT2D eigenvalue weighted by atomic mass is 16.7. The van der Waals surface area contributed by atoms with Gasteiger partial charge in [0.1, 0.15) is 12.4 Å². The first kappa shape index (κ1) is 16.4. The predicted molar refractivity (Wildman–Crippen MR) is 76.5 cm³/mol. The summed E-state index contributed by atoms with van der Waals surface area (Å²) >= 11 is 0. The van der Waals surface area contributed by atoms with E-state index in [1.54, 1.807) is 0 Å². The van der Waals surface area contributed by atoms with Crippen LogP contribution in [0.15, 0.2) is 0 Å². The van der Waals surface area contributed by atoms with E-state index in [4.69, 9.17) is 14.2 Å². The van der Waals surface area contributed by atoms with Crippen molar-refractivity contribution in [2.24, 2.45) is 16.7 Å². The van der Waals surface area contributed by atoms with Crippen LogP contribution >= 0.6 is 0 Å². The molecule has 0 bridgehead atoms. The molecule has 21 heavy (non-hydrogen) atoms. The van der Waals surface area contributed by atoms with Crippen molar-refractivity contribution in [1.29, 1.82) is 0 Å². The fourth-order valence-corrected chi connectivity index (χ4v) is 4.02. The van der Waals surface area contributed by atoms with Crippen LogP contribution in [0.2, 0.25) is 0 Å². The minimum absolute atomic E-state index is 0.0114. The molecule has 2 aliphatic carbocycles. The fourth-order valence-electron chi connectivity index (χ4n) is 4.02. The zero-order valence-corrected chi connectivity index (χ0v) is 13.4. The molecule has 0 amide bonds. The van der Waals surface area contributed by atoms with Crippen LogP contribution in [-0.2, 0) is 23.8 Å². The van der Waals surface area contributed by atoms with Gasteiger partial charge >= 0.3 is 5.97 Å². The largest absolute Gasteiger partial charge is 0.462 e. The Hall–Kier alpha value is -0.940. The first-order valence-electron chi connectivity index (χ1n) is 7.81. The zero-order chi connectivity index (χ0) is 15.7. The molecule has 2 aliphatic rings. The Bertz CT molecular complexity index is 403. The number of rotatable bonds is 7. The second-order valence-corrected chi connectivity index (χ2v) is 6.39. The third-order valence-electron chi connectivity index (χ3n) is 5.14. The van der Waals surface area contributed by atoms with E-state index in [0.29, 0.717) is 13.2 Å². The first-order valence-corrected chi connectivity index (χ1v) is 7.81. The number of aldehydes is 1. The quantitative estimate of drug-likeness (QED) is 0.410. The highest BCUT2D eigenvalue weighted by molar-refractivity contribution is 5.69. The Labute approximate surface area is 126 Å². The zero-order valence-electron chi connectivity index (χ0n) is 13.4. The van der Waals surface area contributed by atoms with Crippen molar-refractivity contribution in [2.75, 3.05) is 13.2 Å². The Morgan fingerprint density at radius 3 is 2.43 bits per heavy atom. The number of carbonyl (C=O) groups is 2. The number of esters is 1. The standard InChI is InChI=1S/C16H26O5/c1-5-19-14(20-6-2)13-12(21-11(3)18)7-8-15(4)9-16(13,15)10-17/h10,12-14H,5-9H2,1-4H3/t12-,13-,15+,16-/m1/s1. The minimum atomic E-state index is -0.503. The van der Waals surface area contributed by atoms with Crippen molar-refractivity contribution in [2.45, 2.75) is 59.4 Å². The number of ether oxygens (including phenoxy) is 3. The molecular weight excluding hydrogens is 272 g/mol. The Morgan fingerprint density at radius 1 is 1.33 bits per heavy atom. The monoisotopic (exact) mass is 298 g/mol. The Balaban J connectivity index is 2.30. The summed E-state index contributed by atoms with van der Waals surface area (Å²) in [5, 5.41) is 0. The number of carbonyl (C=O) groups excluding carboxylic acids is 2. The first-order chi connectivity index (χ1) is 9.94. The molecule has 2 fully saturated rings. The van der Waals surface area contributed by atoms with E-state index >= 15 is 0 Å². The summed E-state index contributed by atoms with van der Waals surface area (Å²) in [6, 6.07) is 0. The minimum Gasteiger partial charge on any atom is -0.462 e. The Kier molecular flexibility index (Phi) is 4.73. The van der Waals surface area contributed by atoms with Crippen molar-refractivity contribution in [3.05, 3.63) is 0 Å². The molecule has 5 nitrogen and oxygen atoms in total. The van der Waals surface area contributed by atoms with Gasteiger partial charge in [-0.1, -0.05) is 6.92 Å². The van der Waals surface area contributed by atoms with E-state index in [2.05, 4.69) is 6.92 Å². The van der Waals surface area contributed by atoms with Crippen LogP contribution in [-0.4, -0.2) is 37.9 Å². The van der Waals surface area contributed by atoms with E-state index in [0.717, 1.165) is 25.5 Å². The molecule has 0 N–H and O–H groups in total. The van der Waals surface area contributed by atoms with E-state index < -0.39 is 11.7 Å². The maximum atomic E-state index is 11.8. The average Bonchev–Trinajstić information content (AvgIpc) is 3.05. The van der Waals surface area contributed by atoms with Gasteiger partial charge in [-0.2, -0.15) is 0 Å². The molecule has 0 aliphatic heterocycles. The smallest absolute Gasteiger partial charge is 0.302 e. The van der Waals surface area contributed by atoms with Gasteiger partial charge in [0.05, 0.1) is 5.92 Å². The van der Waals surface area contributed by atoms with Crippen LogP contribution in [0.4, 0.5) is 0 Å². The molecule has 2 rings (SSSR count). The van der Waals surface area contributed by atoms with Gasteiger partial charge in [-0.25, -0.2) is 0 Å². The molecule has 4 atom stereocenters. The molecule has 0 aromatic heterocycles. The number of hydrogen-bond donors (Lipinski definition) is 0. The van der Waals surface area contributed by atoms with Crippen molar-refractivity contribution in [1.82, 2.24) is 0 Å². The SMILES string of the molecule is CCOC(OCC)[C@H]1[C@H](OC(C)=O)CC[C@@]2(C)C[C@@]12C=O. The fraction of sp³-hybridized carbons (Fsp3) is 0.875. The molecule has 0 radical (unpaired) electrons. The highest BCUT2D eigenvalue weighted by Crippen LogP contribution is 2.73. The van der Waals surface area contributed by atoms with Gasteiger partial charge < -0.3 is 19.0 Å². The lowest BCUT2D eigenvalue weighted by atomic mass is 9.71. The van der Waals surface area contributed by atoms with E-state index in [1.807, 2.05) is 13.8 Å². The summed E-state index contributed by atoms with van der Waals surface area (Å²) in [6.07, 6.45) is 2.70. The summed E-state index contributed by atoms with van der Waals surface area (Å²) in [4.78, 5) is 23.2. The van der Waals surface area contributed by atoms with Crippen molar-refractivity contribution < 1.29 is 23.8 Å². The summed E-state index contributed by atoms with van der Waals surface area (Å²) in [7, 11) is 0. The summed E-state index contributed by atoms with van der Waals surface area (Å²) in [6.45, 7) is 8.33. The average molecular weight is 298 g/mol. The van der Waals surface area contributed by atoms with Gasteiger partial charge in [-0.3, -0.25) is 4.79 Å². The van der Waals surface area contributed by atoms with Gasteiger partial charge in [-0.15, -0.1) is 0 Å². The summed E-state index contributed by atoms with van der Waals surface area (Å²) in [5.74, 6) is -0.542. The van der Waals surface area contributed by atoms with Crippen molar-refractivity contribution in [3.63, 3.8) is 0 Å². The topological polar surface area (TPSA) is 61.8 Å². The van der Waals surface area contributed by atoms with Crippen LogP contribution < -0.4 is 0 Å².